The average molecular weight is 228 g/mol. The molecule has 2 aromatic rings. The average Bonchev–Trinajstić information content (AvgIpc) is 2.33. The van der Waals surface area contributed by atoms with Crippen LogP contribution in [0.1, 0.15) is 11.1 Å². The van der Waals surface area contributed by atoms with Crippen molar-refractivity contribution in [3.8, 4) is 11.3 Å². The fraction of sp³-hybridized carbons (Fsp3) is 0.214. The Balaban J connectivity index is 2.37. The van der Waals surface area contributed by atoms with Gasteiger partial charge in [-0.25, -0.2) is 0 Å². The van der Waals surface area contributed by atoms with Gasteiger partial charge in [0.25, 0.3) is 5.56 Å². The first-order chi connectivity index (χ1) is 8.20. The molecule has 0 atom stereocenters. The van der Waals surface area contributed by atoms with Gasteiger partial charge in [0.2, 0.25) is 0 Å². The van der Waals surface area contributed by atoms with Crippen molar-refractivity contribution in [3.05, 3.63) is 57.9 Å². The fourth-order valence-corrected chi connectivity index (χ4v) is 1.74. The summed E-state index contributed by atoms with van der Waals surface area (Å²) < 4.78 is 0. The second-order valence-electron chi connectivity index (χ2n) is 4.12. The number of hydrogen-bond acceptors (Lipinski definition) is 2. The third kappa shape index (κ3) is 2.63. The molecule has 3 nitrogen and oxygen atoms in total. The number of nitrogens with one attached hydrogen (secondary N) is 2. The number of aromatic amines is 1. The summed E-state index contributed by atoms with van der Waals surface area (Å²) >= 11 is 0. The molecule has 0 aliphatic rings. The van der Waals surface area contributed by atoms with E-state index in [9.17, 15) is 4.79 Å². The number of H-pyrrole nitrogens is 1. The number of hydrogen-bond donors (Lipinski definition) is 2. The summed E-state index contributed by atoms with van der Waals surface area (Å²) in [7, 11) is 1.83. The molecule has 0 aliphatic heterocycles. The number of benzene rings is 1. The van der Waals surface area contributed by atoms with Gasteiger partial charge in [-0.2, -0.15) is 0 Å². The van der Waals surface area contributed by atoms with Gasteiger partial charge < -0.3 is 10.3 Å². The lowest BCUT2D eigenvalue weighted by Gasteiger charge is -2.04. The van der Waals surface area contributed by atoms with E-state index in [1.54, 1.807) is 0 Å². The monoisotopic (exact) mass is 228 g/mol. The lowest BCUT2D eigenvalue weighted by molar-refractivity contribution is 0.805. The van der Waals surface area contributed by atoms with E-state index in [2.05, 4.69) is 10.3 Å². The maximum absolute atomic E-state index is 11.8. The van der Waals surface area contributed by atoms with Crippen molar-refractivity contribution in [3.63, 3.8) is 0 Å². The smallest absolute Gasteiger partial charge is 0.252 e. The second kappa shape index (κ2) is 4.97. The van der Waals surface area contributed by atoms with Crippen molar-refractivity contribution < 1.29 is 0 Å². The van der Waals surface area contributed by atoms with Crippen molar-refractivity contribution in [2.24, 2.45) is 0 Å². The topological polar surface area (TPSA) is 44.9 Å². The Morgan fingerprint density at radius 3 is 2.41 bits per heavy atom. The molecular formula is C14H16N2O. The Hall–Kier alpha value is -1.87. The third-order valence-electron chi connectivity index (χ3n) is 2.72. The molecule has 1 heterocycles. The van der Waals surface area contributed by atoms with Crippen LogP contribution in [0.2, 0.25) is 0 Å². The molecule has 0 spiro atoms. The molecule has 1 aromatic carbocycles. The van der Waals surface area contributed by atoms with Gasteiger partial charge in [0, 0.05) is 17.8 Å². The van der Waals surface area contributed by atoms with Gasteiger partial charge >= 0.3 is 0 Å². The predicted octanol–water partition coefficient (Wildman–Crippen LogP) is 2.07. The second-order valence-corrected chi connectivity index (χ2v) is 4.12. The molecule has 0 unspecified atom stereocenters. The van der Waals surface area contributed by atoms with E-state index in [-0.39, 0.29) is 5.56 Å². The first kappa shape index (κ1) is 11.6. The molecule has 0 radical (unpaired) electrons. The standard InChI is InChI=1S/C14H16N2O/c1-10-3-5-11(6-4-10)13-8-7-12(9-15-2)14(17)16-13/h3-8,15H,9H2,1-2H3,(H,16,17). The van der Waals surface area contributed by atoms with Crippen molar-refractivity contribution in [1.29, 1.82) is 0 Å². The number of rotatable bonds is 3. The minimum Gasteiger partial charge on any atom is -0.322 e. The lowest BCUT2D eigenvalue weighted by Crippen LogP contribution is -2.18. The molecular weight excluding hydrogens is 212 g/mol. The molecule has 0 amide bonds. The van der Waals surface area contributed by atoms with E-state index in [0.717, 1.165) is 16.8 Å². The highest BCUT2D eigenvalue weighted by Crippen LogP contribution is 2.16. The normalized spacial score (nSPS) is 10.5. The van der Waals surface area contributed by atoms with E-state index in [4.69, 9.17) is 0 Å². The molecule has 0 fully saturated rings. The summed E-state index contributed by atoms with van der Waals surface area (Å²) in [4.78, 5) is 14.7. The lowest BCUT2D eigenvalue weighted by atomic mass is 10.1. The summed E-state index contributed by atoms with van der Waals surface area (Å²) in [5.74, 6) is 0. The van der Waals surface area contributed by atoms with Crippen molar-refractivity contribution >= 4 is 0 Å². The van der Waals surface area contributed by atoms with Crippen LogP contribution >= 0.6 is 0 Å². The molecule has 0 bridgehead atoms. The van der Waals surface area contributed by atoms with Gasteiger partial charge in [-0.1, -0.05) is 35.9 Å². The van der Waals surface area contributed by atoms with Gasteiger partial charge in [0.05, 0.1) is 0 Å². The third-order valence-corrected chi connectivity index (χ3v) is 2.72. The molecule has 3 heteroatoms. The summed E-state index contributed by atoms with van der Waals surface area (Å²) in [6.07, 6.45) is 0. The molecule has 2 N–H and O–H groups in total. The number of aromatic nitrogens is 1. The maximum Gasteiger partial charge on any atom is 0.252 e. The highest BCUT2D eigenvalue weighted by molar-refractivity contribution is 5.59. The van der Waals surface area contributed by atoms with Crippen LogP contribution in [0, 0.1) is 6.92 Å². The van der Waals surface area contributed by atoms with Crippen LogP contribution in [0.25, 0.3) is 11.3 Å². The number of aryl methyl sites for hydroxylation is 1. The van der Waals surface area contributed by atoms with Gasteiger partial charge in [-0.05, 0) is 25.6 Å². The summed E-state index contributed by atoms with van der Waals surface area (Å²) in [6.45, 7) is 2.63. The minimum absolute atomic E-state index is 0.0302. The van der Waals surface area contributed by atoms with E-state index in [1.165, 1.54) is 5.56 Å². The van der Waals surface area contributed by atoms with Crippen LogP contribution < -0.4 is 10.9 Å². The molecule has 88 valence electrons. The first-order valence-electron chi connectivity index (χ1n) is 5.64. The Kier molecular flexibility index (Phi) is 3.40. The van der Waals surface area contributed by atoms with Gasteiger partial charge in [0.1, 0.15) is 0 Å². The fourth-order valence-electron chi connectivity index (χ4n) is 1.74. The van der Waals surface area contributed by atoms with Gasteiger partial charge in [0.15, 0.2) is 0 Å². The van der Waals surface area contributed by atoms with Crippen LogP contribution in [0.4, 0.5) is 0 Å². The van der Waals surface area contributed by atoms with Crippen molar-refractivity contribution in [2.45, 2.75) is 13.5 Å². The minimum atomic E-state index is -0.0302. The van der Waals surface area contributed by atoms with Crippen LogP contribution in [-0.2, 0) is 6.54 Å². The highest BCUT2D eigenvalue weighted by atomic mass is 16.1. The zero-order valence-electron chi connectivity index (χ0n) is 10.1. The molecule has 0 aliphatic carbocycles. The van der Waals surface area contributed by atoms with Crippen LogP contribution in [-0.4, -0.2) is 12.0 Å². The highest BCUT2D eigenvalue weighted by Gasteiger charge is 2.02. The number of pyridine rings is 1. The van der Waals surface area contributed by atoms with E-state index >= 15 is 0 Å². The summed E-state index contributed by atoms with van der Waals surface area (Å²) in [6, 6.07) is 11.9. The van der Waals surface area contributed by atoms with E-state index in [0.29, 0.717) is 6.54 Å². The summed E-state index contributed by atoms with van der Waals surface area (Å²) in [5, 5.41) is 2.97. The van der Waals surface area contributed by atoms with Crippen molar-refractivity contribution in [1.82, 2.24) is 10.3 Å². The molecule has 0 saturated heterocycles. The summed E-state index contributed by atoms with van der Waals surface area (Å²) in [5.41, 5.74) is 3.82. The molecule has 1 aromatic heterocycles. The van der Waals surface area contributed by atoms with Crippen LogP contribution in [0.15, 0.2) is 41.2 Å². The zero-order valence-corrected chi connectivity index (χ0v) is 10.1. The van der Waals surface area contributed by atoms with E-state index in [1.807, 2.05) is 50.4 Å². The van der Waals surface area contributed by atoms with Gasteiger partial charge in [-0.15, -0.1) is 0 Å². The molecule has 17 heavy (non-hydrogen) atoms. The van der Waals surface area contributed by atoms with Crippen LogP contribution in [0.3, 0.4) is 0 Å². The Morgan fingerprint density at radius 1 is 1.12 bits per heavy atom. The zero-order chi connectivity index (χ0) is 12.3. The largest absolute Gasteiger partial charge is 0.322 e. The molecule has 2 rings (SSSR count). The molecule has 0 saturated carbocycles. The Labute approximate surface area is 101 Å². The van der Waals surface area contributed by atoms with Crippen molar-refractivity contribution in [2.75, 3.05) is 7.05 Å². The Bertz CT molecular complexity index is 555. The first-order valence-corrected chi connectivity index (χ1v) is 5.64. The van der Waals surface area contributed by atoms with Crippen LogP contribution in [0.5, 0.6) is 0 Å². The predicted molar refractivity (Wildman–Crippen MR) is 70.0 cm³/mol. The SMILES string of the molecule is CNCc1ccc(-c2ccc(C)cc2)[nH]c1=O. The quantitative estimate of drug-likeness (QED) is 0.844. The Morgan fingerprint density at radius 2 is 1.82 bits per heavy atom. The maximum atomic E-state index is 11.8. The van der Waals surface area contributed by atoms with E-state index < -0.39 is 0 Å². The van der Waals surface area contributed by atoms with Gasteiger partial charge in [-0.3, -0.25) is 4.79 Å².